The zero-order chi connectivity index (χ0) is 17.9. The first kappa shape index (κ1) is 17.8. The van der Waals surface area contributed by atoms with Crippen molar-refractivity contribution in [2.75, 3.05) is 6.61 Å². The van der Waals surface area contributed by atoms with Crippen molar-refractivity contribution in [3.05, 3.63) is 108 Å². The fourth-order valence-electron chi connectivity index (χ4n) is 2.40. The normalized spacial score (nSPS) is 9.73. The molecule has 3 aromatic carbocycles. The van der Waals surface area contributed by atoms with Gasteiger partial charge in [0, 0.05) is 17.7 Å². The Hall–Kier alpha value is -3.04. The van der Waals surface area contributed by atoms with Crippen molar-refractivity contribution in [2.24, 2.45) is 0 Å². The lowest BCUT2D eigenvalue weighted by atomic mass is 10.2. The Bertz CT molecular complexity index is 856. The van der Waals surface area contributed by atoms with Gasteiger partial charge in [-0.25, -0.2) is 0 Å². The Kier molecular flexibility index (Phi) is 6.88. The van der Waals surface area contributed by atoms with Gasteiger partial charge in [0.05, 0.1) is 0 Å². The average molecular weight is 353 g/mol. The van der Waals surface area contributed by atoms with Crippen LogP contribution >= 0.6 is 0 Å². The fraction of sp³-hybridized carbons (Fsp3) is 0.0833. The van der Waals surface area contributed by atoms with E-state index in [0.717, 1.165) is 17.5 Å². The van der Waals surface area contributed by atoms with Crippen molar-refractivity contribution in [3.63, 3.8) is 0 Å². The zero-order valence-electron chi connectivity index (χ0n) is 14.6. The predicted molar refractivity (Wildman–Crippen MR) is 110 cm³/mol. The van der Waals surface area contributed by atoms with Gasteiger partial charge in [-0.15, -0.1) is 0 Å². The minimum atomic E-state index is -1.94. The van der Waals surface area contributed by atoms with Crippen molar-refractivity contribution < 1.29 is 4.43 Å². The van der Waals surface area contributed by atoms with Crippen LogP contribution in [-0.4, -0.2) is 15.6 Å². The van der Waals surface area contributed by atoms with Crippen LogP contribution in [-0.2, 0) is 10.8 Å². The summed E-state index contributed by atoms with van der Waals surface area (Å²) in [5.74, 6) is 6.43. The second-order valence-corrected chi connectivity index (χ2v) is 7.43. The second kappa shape index (κ2) is 10.1. The molecule has 126 valence electrons. The van der Waals surface area contributed by atoms with Gasteiger partial charge in [0.15, 0.2) is 0 Å². The van der Waals surface area contributed by atoms with E-state index in [0.29, 0.717) is 6.61 Å². The highest BCUT2D eigenvalue weighted by Crippen LogP contribution is 2.01. The van der Waals surface area contributed by atoms with Gasteiger partial charge in [-0.05, 0) is 36.2 Å². The van der Waals surface area contributed by atoms with Crippen LogP contribution in [0.1, 0.15) is 16.7 Å². The minimum Gasteiger partial charge on any atom is -0.398 e. The lowest BCUT2D eigenvalue weighted by molar-refractivity contribution is 0.339. The Labute approximate surface area is 157 Å². The highest BCUT2D eigenvalue weighted by atomic mass is 28.3. The summed E-state index contributed by atoms with van der Waals surface area (Å²) in [5, 5.41) is 0. The monoisotopic (exact) mass is 352 g/mol. The standard InChI is InChI=1S/C24H20OSi/c1-4-10-22(11-5-1)16-19-25-26(20-17-23-12-6-2-7-13-23)21-18-24-14-8-3-9-15-24/h1-15,26H,16,19H2. The molecule has 0 aliphatic carbocycles. The molecule has 0 radical (unpaired) electrons. The number of benzene rings is 3. The van der Waals surface area contributed by atoms with Gasteiger partial charge in [-0.1, -0.05) is 89.7 Å². The van der Waals surface area contributed by atoms with Gasteiger partial charge in [0.25, 0.3) is 0 Å². The van der Waals surface area contributed by atoms with Crippen molar-refractivity contribution in [2.45, 2.75) is 6.42 Å². The van der Waals surface area contributed by atoms with Crippen LogP contribution in [0.25, 0.3) is 0 Å². The molecule has 0 saturated carbocycles. The highest BCUT2D eigenvalue weighted by molar-refractivity contribution is 6.69. The van der Waals surface area contributed by atoms with Gasteiger partial charge in [0.2, 0.25) is 0 Å². The Morgan fingerprint density at radius 2 is 1.08 bits per heavy atom. The summed E-state index contributed by atoms with van der Waals surface area (Å²) in [5.41, 5.74) is 9.84. The summed E-state index contributed by atoms with van der Waals surface area (Å²) < 4.78 is 6.08. The first-order chi connectivity index (χ1) is 12.9. The van der Waals surface area contributed by atoms with E-state index in [4.69, 9.17) is 4.43 Å². The van der Waals surface area contributed by atoms with E-state index >= 15 is 0 Å². The van der Waals surface area contributed by atoms with Crippen molar-refractivity contribution in [1.29, 1.82) is 0 Å². The second-order valence-electron chi connectivity index (χ2n) is 5.76. The largest absolute Gasteiger partial charge is 0.398 e. The third-order valence-corrected chi connectivity index (χ3v) is 5.14. The maximum absolute atomic E-state index is 6.08. The molecular formula is C24H20OSi. The molecular weight excluding hydrogens is 332 g/mol. The van der Waals surface area contributed by atoms with Gasteiger partial charge in [-0.3, -0.25) is 0 Å². The molecule has 0 aliphatic heterocycles. The summed E-state index contributed by atoms with van der Waals surface area (Å²) in [6, 6.07) is 30.3. The molecule has 0 spiro atoms. The molecule has 0 bridgehead atoms. The van der Waals surface area contributed by atoms with Crippen LogP contribution in [0.5, 0.6) is 0 Å². The maximum atomic E-state index is 6.08. The topological polar surface area (TPSA) is 9.23 Å². The first-order valence-corrected chi connectivity index (χ1v) is 10.3. The van der Waals surface area contributed by atoms with E-state index in [2.05, 4.69) is 47.2 Å². The molecule has 0 amide bonds. The molecule has 26 heavy (non-hydrogen) atoms. The molecule has 1 nitrogen and oxygen atoms in total. The molecule has 0 saturated heterocycles. The van der Waals surface area contributed by atoms with Crippen LogP contribution in [0, 0.1) is 22.9 Å². The molecule has 0 aliphatic rings. The van der Waals surface area contributed by atoms with Crippen LogP contribution < -0.4 is 0 Å². The summed E-state index contributed by atoms with van der Waals surface area (Å²) in [4.78, 5) is 0. The third kappa shape index (κ3) is 6.11. The van der Waals surface area contributed by atoms with E-state index in [9.17, 15) is 0 Å². The lowest BCUT2D eigenvalue weighted by Crippen LogP contribution is -2.16. The average Bonchev–Trinajstić information content (AvgIpc) is 2.72. The van der Waals surface area contributed by atoms with Crippen LogP contribution in [0.4, 0.5) is 0 Å². The Morgan fingerprint density at radius 3 is 1.58 bits per heavy atom. The molecule has 3 aromatic rings. The number of rotatable bonds is 4. The SMILES string of the molecule is C(#C[SiH](C#Cc1ccccc1)OCCc1ccccc1)c1ccccc1. The van der Waals surface area contributed by atoms with Crippen LogP contribution in [0.3, 0.4) is 0 Å². The Balaban J connectivity index is 1.69. The van der Waals surface area contributed by atoms with Crippen molar-refractivity contribution in [3.8, 4) is 22.9 Å². The molecule has 0 fully saturated rings. The van der Waals surface area contributed by atoms with Crippen LogP contribution in [0.2, 0.25) is 0 Å². The van der Waals surface area contributed by atoms with E-state index in [1.165, 1.54) is 5.56 Å². The molecule has 0 N–H and O–H groups in total. The van der Waals surface area contributed by atoms with E-state index in [1.54, 1.807) is 0 Å². The Morgan fingerprint density at radius 1 is 0.615 bits per heavy atom. The van der Waals surface area contributed by atoms with Crippen molar-refractivity contribution in [1.82, 2.24) is 0 Å². The van der Waals surface area contributed by atoms with Crippen molar-refractivity contribution >= 4 is 9.04 Å². The smallest absolute Gasteiger partial charge is 0.337 e. The van der Waals surface area contributed by atoms with E-state index < -0.39 is 9.04 Å². The quantitative estimate of drug-likeness (QED) is 0.506. The third-order valence-electron chi connectivity index (χ3n) is 3.76. The van der Waals surface area contributed by atoms with Crippen LogP contribution in [0.15, 0.2) is 91.0 Å². The van der Waals surface area contributed by atoms with E-state index in [1.807, 2.05) is 66.7 Å². The van der Waals surface area contributed by atoms with Gasteiger partial charge >= 0.3 is 9.04 Å². The summed E-state index contributed by atoms with van der Waals surface area (Å²) >= 11 is 0. The summed E-state index contributed by atoms with van der Waals surface area (Å²) in [6.45, 7) is 0.647. The molecule has 0 atom stereocenters. The molecule has 0 aromatic heterocycles. The maximum Gasteiger partial charge on any atom is 0.337 e. The summed E-state index contributed by atoms with van der Waals surface area (Å²) in [7, 11) is -1.94. The number of hydrogen-bond donors (Lipinski definition) is 0. The molecule has 0 heterocycles. The first-order valence-electron chi connectivity index (χ1n) is 8.69. The zero-order valence-corrected chi connectivity index (χ0v) is 15.7. The van der Waals surface area contributed by atoms with Gasteiger partial charge in [-0.2, -0.15) is 0 Å². The summed E-state index contributed by atoms with van der Waals surface area (Å²) in [6.07, 6.45) is 0.879. The number of hydrogen-bond acceptors (Lipinski definition) is 1. The lowest BCUT2D eigenvalue weighted by Gasteiger charge is -2.05. The highest BCUT2D eigenvalue weighted by Gasteiger charge is 2.05. The molecule has 2 heteroatoms. The molecule has 3 rings (SSSR count). The van der Waals surface area contributed by atoms with Gasteiger partial charge < -0.3 is 4.43 Å². The van der Waals surface area contributed by atoms with E-state index in [-0.39, 0.29) is 0 Å². The molecule has 0 unspecified atom stereocenters. The fourth-order valence-corrected chi connectivity index (χ4v) is 3.59. The van der Waals surface area contributed by atoms with Gasteiger partial charge in [0.1, 0.15) is 0 Å². The predicted octanol–water partition coefficient (Wildman–Crippen LogP) is 4.15. The minimum absolute atomic E-state index is 0.647.